The van der Waals surface area contributed by atoms with E-state index in [1.54, 1.807) is 23.9 Å². The SMILES string of the molecule is Cc1nc(SCCOc2ccc(S(N)(=O)=O)cc2)n(CC(C)C)c1C. The molecule has 0 fully saturated rings. The Morgan fingerprint density at radius 2 is 1.88 bits per heavy atom. The largest absolute Gasteiger partial charge is 0.493 e. The van der Waals surface area contributed by atoms with Crippen molar-refractivity contribution in [3.05, 3.63) is 35.7 Å². The van der Waals surface area contributed by atoms with E-state index in [-0.39, 0.29) is 4.90 Å². The van der Waals surface area contributed by atoms with E-state index in [9.17, 15) is 8.42 Å². The van der Waals surface area contributed by atoms with Crippen LogP contribution >= 0.6 is 11.8 Å². The number of hydrogen-bond acceptors (Lipinski definition) is 5. The van der Waals surface area contributed by atoms with Crippen molar-refractivity contribution in [2.75, 3.05) is 12.4 Å². The molecule has 1 aromatic carbocycles. The van der Waals surface area contributed by atoms with Gasteiger partial charge in [-0.15, -0.1) is 0 Å². The van der Waals surface area contributed by atoms with Gasteiger partial charge >= 0.3 is 0 Å². The molecule has 0 amide bonds. The summed E-state index contributed by atoms with van der Waals surface area (Å²) in [6.07, 6.45) is 0. The van der Waals surface area contributed by atoms with Crippen LogP contribution in [0.4, 0.5) is 0 Å². The highest BCUT2D eigenvalue weighted by Crippen LogP contribution is 2.23. The van der Waals surface area contributed by atoms with Gasteiger partial charge in [-0.25, -0.2) is 18.5 Å². The molecule has 1 aromatic heterocycles. The molecule has 2 N–H and O–H groups in total. The van der Waals surface area contributed by atoms with E-state index in [2.05, 4.69) is 30.3 Å². The van der Waals surface area contributed by atoms with Gasteiger partial charge in [-0.3, -0.25) is 0 Å². The minimum atomic E-state index is -3.67. The molecule has 1 heterocycles. The second kappa shape index (κ2) is 8.25. The Labute approximate surface area is 153 Å². The maximum absolute atomic E-state index is 11.2. The summed E-state index contributed by atoms with van der Waals surface area (Å²) in [5, 5.41) is 6.09. The van der Waals surface area contributed by atoms with Gasteiger partial charge in [0.2, 0.25) is 10.0 Å². The summed E-state index contributed by atoms with van der Waals surface area (Å²) in [4.78, 5) is 4.72. The highest BCUT2D eigenvalue weighted by atomic mass is 32.2. The number of rotatable bonds is 8. The maximum atomic E-state index is 11.2. The summed E-state index contributed by atoms with van der Waals surface area (Å²) in [5.41, 5.74) is 2.26. The van der Waals surface area contributed by atoms with Gasteiger partial charge in [-0.2, -0.15) is 0 Å². The topological polar surface area (TPSA) is 87.2 Å². The molecule has 8 heteroatoms. The molecule has 0 saturated carbocycles. The number of nitrogens with two attached hydrogens (primary N) is 1. The number of benzene rings is 1. The van der Waals surface area contributed by atoms with Gasteiger partial charge in [0.1, 0.15) is 5.75 Å². The number of primary sulfonamides is 1. The Balaban J connectivity index is 1.90. The zero-order valence-corrected chi connectivity index (χ0v) is 16.7. The van der Waals surface area contributed by atoms with Crippen LogP contribution in [0, 0.1) is 19.8 Å². The van der Waals surface area contributed by atoms with Crippen LogP contribution in [0.1, 0.15) is 25.2 Å². The van der Waals surface area contributed by atoms with Gasteiger partial charge in [0.15, 0.2) is 5.16 Å². The average Bonchev–Trinajstić information content (AvgIpc) is 2.78. The fraction of sp³-hybridized carbons (Fsp3) is 0.471. The first-order valence-corrected chi connectivity index (χ1v) is 10.6. The van der Waals surface area contributed by atoms with Crippen molar-refractivity contribution in [2.45, 2.75) is 44.3 Å². The van der Waals surface area contributed by atoms with E-state index in [1.165, 1.54) is 17.8 Å². The molecule has 0 bridgehead atoms. The molecule has 0 saturated heterocycles. The van der Waals surface area contributed by atoms with Crippen LogP contribution in [-0.4, -0.2) is 30.3 Å². The lowest BCUT2D eigenvalue weighted by Gasteiger charge is -2.12. The van der Waals surface area contributed by atoms with Crippen LogP contribution in [0.3, 0.4) is 0 Å². The van der Waals surface area contributed by atoms with Crippen LogP contribution in [0.25, 0.3) is 0 Å². The number of ether oxygens (including phenoxy) is 1. The van der Waals surface area contributed by atoms with E-state index in [0.717, 1.165) is 23.1 Å². The van der Waals surface area contributed by atoms with Crippen molar-refractivity contribution in [1.29, 1.82) is 0 Å². The zero-order valence-electron chi connectivity index (χ0n) is 15.0. The van der Waals surface area contributed by atoms with Crippen molar-refractivity contribution in [3.63, 3.8) is 0 Å². The molecule has 0 aliphatic heterocycles. The molecule has 0 spiro atoms. The first-order valence-electron chi connectivity index (χ1n) is 8.10. The van der Waals surface area contributed by atoms with Gasteiger partial charge in [0.25, 0.3) is 0 Å². The molecular formula is C17H25N3O3S2. The molecule has 2 rings (SSSR count). The first-order chi connectivity index (χ1) is 11.7. The number of hydrogen-bond donors (Lipinski definition) is 1. The third kappa shape index (κ3) is 5.49. The lowest BCUT2D eigenvalue weighted by atomic mass is 10.2. The molecule has 0 aliphatic carbocycles. The zero-order chi connectivity index (χ0) is 18.6. The monoisotopic (exact) mass is 383 g/mol. The van der Waals surface area contributed by atoms with Gasteiger partial charge in [-0.05, 0) is 44.0 Å². The van der Waals surface area contributed by atoms with Gasteiger partial charge < -0.3 is 9.30 Å². The number of aromatic nitrogens is 2. The molecule has 2 aromatic rings. The van der Waals surface area contributed by atoms with E-state index in [4.69, 9.17) is 9.88 Å². The van der Waals surface area contributed by atoms with Crippen LogP contribution in [-0.2, 0) is 16.6 Å². The minimum Gasteiger partial charge on any atom is -0.493 e. The highest BCUT2D eigenvalue weighted by molar-refractivity contribution is 7.99. The normalized spacial score (nSPS) is 11.9. The maximum Gasteiger partial charge on any atom is 0.238 e. The third-order valence-corrected chi connectivity index (χ3v) is 5.58. The van der Waals surface area contributed by atoms with Crippen molar-refractivity contribution >= 4 is 21.8 Å². The van der Waals surface area contributed by atoms with Crippen LogP contribution in [0.15, 0.2) is 34.3 Å². The average molecular weight is 384 g/mol. The van der Waals surface area contributed by atoms with Crippen molar-refractivity contribution < 1.29 is 13.2 Å². The number of thioether (sulfide) groups is 1. The Morgan fingerprint density at radius 3 is 2.44 bits per heavy atom. The Morgan fingerprint density at radius 1 is 1.24 bits per heavy atom. The van der Waals surface area contributed by atoms with Crippen molar-refractivity contribution in [1.82, 2.24) is 9.55 Å². The van der Waals surface area contributed by atoms with Crippen LogP contribution in [0.5, 0.6) is 5.75 Å². The predicted octanol–water partition coefficient (Wildman–Crippen LogP) is 2.97. The van der Waals surface area contributed by atoms with Crippen molar-refractivity contribution in [3.8, 4) is 5.75 Å². The van der Waals surface area contributed by atoms with Crippen LogP contribution in [0.2, 0.25) is 0 Å². The third-order valence-electron chi connectivity index (χ3n) is 3.71. The quantitative estimate of drug-likeness (QED) is 0.559. The highest BCUT2D eigenvalue weighted by Gasteiger charge is 2.12. The van der Waals surface area contributed by atoms with Gasteiger partial charge in [-0.1, -0.05) is 25.6 Å². The second-order valence-corrected chi connectivity index (χ2v) is 8.91. The van der Waals surface area contributed by atoms with Crippen LogP contribution < -0.4 is 9.88 Å². The second-order valence-electron chi connectivity index (χ2n) is 6.28. The number of sulfonamides is 1. The van der Waals surface area contributed by atoms with E-state index in [1.807, 2.05) is 6.92 Å². The molecule has 25 heavy (non-hydrogen) atoms. The molecule has 0 atom stereocenters. The van der Waals surface area contributed by atoms with E-state index >= 15 is 0 Å². The lowest BCUT2D eigenvalue weighted by Crippen LogP contribution is -2.12. The van der Waals surface area contributed by atoms with Gasteiger partial charge in [0.05, 0.1) is 17.2 Å². The van der Waals surface area contributed by atoms with E-state index < -0.39 is 10.0 Å². The number of nitrogens with zero attached hydrogens (tertiary/aromatic N) is 2. The number of aryl methyl sites for hydroxylation is 1. The fourth-order valence-electron chi connectivity index (χ4n) is 2.33. The van der Waals surface area contributed by atoms with E-state index in [0.29, 0.717) is 18.3 Å². The Bertz CT molecular complexity index is 812. The summed E-state index contributed by atoms with van der Waals surface area (Å²) >= 11 is 1.66. The molecule has 138 valence electrons. The van der Waals surface area contributed by atoms with Gasteiger partial charge in [0, 0.05) is 18.0 Å². The summed E-state index contributed by atoms with van der Waals surface area (Å²) in [6.45, 7) is 9.96. The fourth-order valence-corrected chi connectivity index (χ4v) is 3.77. The minimum absolute atomic E-state index is 0.0795. The Kier molecular flexibility index (Phi) is 6.53. The molecule has 0 unspecified atom stereocenters. The molecule has 6 nitrogen and oxygen atoms in total. The number of imidazole rings is 1. The Hall–Kier alpha value is -1.51. The standard InChI is InChI=1S/C17H25N3O3S2/c1-12(2)11-20-14(4)13(3)19-17(20)24-10-9-23-15-5-7-16(8-6-15)25(18,21)22/h5-8,12H,9-11H2,1-4H3,(H2,18,21,22). The summed E-state index contributed by atoms with van der Waals surface area (Å²) in [5.74, 6) is 1.93. The summed E-state index contributed by atoms with van der Waals surface area (Å²) < 4.78 is 30.4. The smallest absolute Gasteiger partial charge is 0.238 e. The van der Waals surface area contributed by atoms with Crippen molar-refractivity contribution in [2.24, 2.45) is 11.1 Å². The molecule has 0 radical (unpaired) electrons. The molecular weight excluding hydrogens is 358 g/mol. The predicted molar refractivity (Wildman–Crippen MR) is 101 cm³/mol. The molecule has 0 aliphatic rings. The lowest BCUT2D eigenvalue weighted by molar-refractivity contribution is 0.343. The summed E-state index contributed by atoms with van der Waals surface area (Å²) in [6, 6.07) is 6.11. The first kappa shape index (κ1) is 19.8. The summed E-state index contributed by atoms with van der Waals surface area (Å²) in [7, 11) is -3.67.